The van der Waals surface area contributed by atoms with Gasteiger partial charge in [-0.3, -0.25) is 9.59 Å². The van der Waals surface area contributed by atoms with Gasteiger partial charge in [0.05, 0.1) is 6.42 Å². The van der Waals surface area contributed by atoms with Crippen LogP contribution < -0.4 is 5.32 Å². The molecule has 0 fully saturated rings. The number of nitrogens with one attached hydrogen (secondary N) is 1. The van der Waals surface area contributed by atoms with Crippen molar-refractivity contribution in [1.82, 2.24) is 10.2 Å². The van der Waals surface area contributed by atoms with Gasteiger partial charge in [-0.2, -0.15) is 0 Å². The fourth-order valence-corrected chi connectivity index (χ4v) is 4.37. The van der Waals surface area contributed by atoms with Gasteiger partial charge in [0.25, 0.3) is 0 Å². The third-order valence-corrected chi connectivity index (χ3v) is 5.97. The Bertz CT molecular complexity index is 944. The zero-order chi connectivity index (χ0) is 23.3. The number of carbonyl (C=O) groups is 3. The molecule has 0 spiro atoms. The molecule has 2 atom stereocenters. The van der Waals surface area contributed by atoms with E-state index >= 15 is 0 Å². The highest BCUT2D eigenvalue weighted by molar-refractivity contribution is 5.86. The van der Waals surface area contributed by atoms with Gasteiger partial charge in [-0.25, -0.2) is 4.79 Å². The molecule has 0 heterocycles. The van der Waals surface area contributed by atoms with Crippen LogP contribution in [-0.4, -0.2) is 53.2 Å². The Morgan fingerprint density at radius 1 is 1.03 bits per heavy atom. The van der Waals surface area contributed by atoms with Gasteiger partial charge in [-0.15, -0.1) is 0 Å². The van der Waals surface area contributed by atoms with Crippen LogP contribution in [0.5, 0.6) is 0 Å². The van der Waals surface area contributed by atoms with Crippen molar-refractivity contribution in [3.8, 4) is 11.1 Å². The minimum atomic E-state index is -0.971. The maximum Gasteiger partial charge on any atom is 0.407 e. The normalized spacial score (nSPS) is 14.1. The average Bonchev–Trinajstić information content (AvgIpc) is 3.09. The number of amides is 2. The Labute approximate surface area is 188 Å². The Morgan fingerprint density at radius 2 is 1.59 bits per heavy atom. The van der Waals surface area contributed by atoms with Gasteiger partial charge < -0.3 is 20.1 Å². The van der Waals surface area contributed by atoms with E-state index in [1.54, 1.807) is 20.8 Å². The Balaban J connectivity index is 1.65. The first kappa shape index (κ1) is 23.3. The number of hydrogen-bond acceptors (Lipinski definition) is 4. The number of benzene rings is 2. The minimum Gasteiger partial charge on any atom is -0.481 e. The summed E-state index contributed by atoms with van der Waals surface area (Å²) in [6, 6.07) is 14.9. The molecule has 0 aliphatic heterocycles. The van der Waals surface area contributed by atoms with Crippen LogP contribution in [0.2, 0.25) is 0 Å². The van der Waals surface area contributed by atoms with Crippen molar-refractivity contribution in [3.05, 3.63) is 59.7 Å². The van der Waals surface area contributed by atoms with Crippen molar-refractivity contribution in [3.63, 3.8) is 0 Å². The molecule has 1 unspecified atom stereocenters. The molecule has 1 aliphatic rings. The fraction of sp³-hybridized carbons (Fsp3) is 0.400. The van der Waals surface area contributed by atoms with Gasteiger partial charge >= 0.3 is 12.1 Å². The summed E-state index contributed by atoms with van der Waals surface area (Å²) in [4.78, 5) is 38.0. The van der Waals surface area contributed by atoms with Crippen LogP contribution in [0.15, 0.2) is 48.5 Å². The van der Waals surface area contributed by atoms with Crippen LogP contribution in [0.4, 0.5) is 4.79 Å². The SMILES string of the molecule is CC[C@@H](NC(=O)OCC1c2ccccc2-c2ccccc21)C(=O)N(CC)C(C)CC(=O)O. The molecule has 0 saturated carbocycles. The largest absolute Gasteiger partial charge is 0.481 e. The van der Waals surface area contributed by atoms with Crippen LogP contribution in [-0.2, 0) is 14.3 Å². The molecule has 2 aromatic rings. The molecule has 7 nitrogen and oxygen atoms in total. The second-order valence-corrected chi connectivity index (χ2v) is 8.00. The van der Waals surface area contributed by atoms with E-state index in [2.05, 4.69) is 17.4 Å². The van der Waals surface area contributed by atoms with Crippen LogP contribution in [0.1, 0.15) is 50.7 Å². The highest BCUT2D eigenvalue weighted by Crippen LogP contribution is 2.44. The van der Waals surface area contributed by atoms with Gasteiger partial charge in [0, 0.05) is 18.5 Å². The van der Waals surface area contributed by atoms with E-state index < -0.39 is 24.1 Å². The predicted molar refractivity (Wildman–Crippen MR) is 121 cm³/mol. The molecule has 2 amide bonds. The number of aliphatic carboxylic acids is 1. The molecule has 0 bridgehead atoms. The number of likely N-dealkylation sites (N-methyl/N-ethyl adjacent to an activating group) is 1. The number of alkyl carbamates (subject to hydrolysis) is 1. The Kier molecular flexibility index (Phi) is 7.51. The highest BCUT2D eigenvalue weighted by atomic mass is 16.5. The van der Waals surface area contributed by atoms with E-state index in [0.29, 0.717) is 13.0 Å². The molecule has 1 aliphatic carbocycles. The lowest BCUT2D eigenvalue weighted by Crippen LogP contribution is -2.51. The molecule has 170 valence electrons. The molecule has 0 aromatic heterocycles. The number of carboxylic acids is 1. The van der Waals surface area contributed by atoms with Crippen molar-refractivity contribution in [2.45, 2.75) is 51.6 Å². The number of carbonyl (C=O) groups excluding carboxylic acids is 2. The summed E-state index contributed by atoms with van der Waals surface area (Å²) >= 11 is 0. The number of rotatable bonds is 9. The van der Waals surface area contributed by atoms with E-state index in [0.717, 1.165) is 22.3 Å². The second kappa shape index (κ2) is 10.3. The molecule has 0 saturated heterocycles. The first-order valence-corrected chi connectivity index (χ1v) is 11.0. The van der Waals surface area contributed by atoms with E-state index in [-0.39, 0.29) is 24.9 Å². The van der Waals surface area contributed by atoms with E-state index in [9.17, 15) is 14.4 Å². The summed E-state index contributed by atoms with van der Waals surface area (Å²) in [7, 11) is 0. The monoisotopic (exact) mass is 438 g/mol. The van der Waals surface area contributed by atoms with Crippen molar-refractivity contribution >= 4 is 18.0 Å². The van der Waals surface area contributed by atoms with E-state index in [4.69, 9.17) is 9.84 Å². The van der Waals surface area contributed by atoms with Gasteiger partial charge in [-0.05, 0) is 42.5 Å². The lowest BCUT2D eigenvalue weighted by Gasteiger charge is -2.30. The number of hydrogen-bond donors (Lipinski definition) is 2. The highest BCUT2D eigenvalue weighted by Gasteiger charge is 2.31. The maximum absolute atomic E-state index is 12.9. The molecule has 32 heavy (non-hydrogen) atoms. The number of nitrogens with zero attached hydrogens (tertiary/aromatic N) is 1. The average molecular weight is 439 g/mol. The van der Waals surface area contributed by atoms with Crippen molar-refractivity contribution in [2.75, 3.05) is 13.2 Å². The number of ether oxygens (including phenoxy) is 1. The van der Waals surface area contributed by atoms with Crippen LogP contribution in [0, 0.1) is 0 Å². The zero-order valence-electron chi connectivity index (χ0n) is 18.7. The second-order valence-electron chi connectivity index (χ2n) is 8.00. The molecule has 0 radical (unpaired) electrons. The summed E-state index contributed by atoms with van der Waals surface area (Å²) in [6.07, 6.45) is -0.436. The standard InChI is InChI=1S/C25H30N2O5/c1-4-22(24(30)27(5-2)16(3)14-23(28)29)26-25(31)32-15-21-19-12-8-6-10-17(19)18-11-7-9-13-20(18)21/h6-13,16,21-22H,4-5,14-15H2,1-3H3,(H,26,31)(H,28,29)/t16?,22-/m1/s1. The lowest BCUT2D eigenvalue weighted by molar-refractivity contribution is -0.141. The Morgan fingerprint density at radius 3 is 2.09 bits per heavy atom. The van der Waals surface area contributed by atoms with Gasteiger partial charge in [0.1, 0.15) is 12.6 Å². The van der Waals surface area contributed by atoms with Gasteiger partial charge in [-0.1, -0.05) is 55.5 Å². The first-order chi connectivity index (χ1) is 15.4. The lowest BCUT2D eigenvalue weighted by atomic mass is 9.98. The molecule has 3 rings (SSSR count). The smallest absolute Gasteiger partial charge is 0.407 e. The maximum atomic E-state index is 12.9. The summed E-state index contributed by atoms with van der Waals surface area (Å²) in [5, 5.41) is 11.7. The molecule has 2 N–H and O–H groups in total. The van der Waals surface area contributed by atoms with E-state index in [1.165, 1.54) is 4.90 Å². The zero-order valence-corrected chi connectivity index (χ0v) is 18.7. The van der Waals surface area contributed by atoms with Crippen LogP contribution in [0.25, 0.3) is 11.1 Å². The third-order valence-electron chi connectivity index (χ3n) is 5.97. The minimum absolute atomic E-state index is 0.0633. The van der Waals surface area contributed by atoms with E-state index in [1.807, 2.05) is 36.4 Å². The molecule has 7 heteroatoms. The molecular weight excluding hydrogens is 408 g/mol. The Hall–Kier alpha value is -3.35. The predicted octanol–water partition coefficient (Wildman–Crippen LogP) is 4.02. The van der Waals surface area contributed by atoms with Crippen LogP contribution >= 0.6 is 0 Å². The summed E-state index contributed by atoms with van der Waals surface area (Å²) in [5.74, 6) is -1.34. The first-order valence-electron chi connectivity index (χ1n) is 11.0. The van der Waals surface area contributed by atoms with Crippen molar-refractivity contribution in [1.29, 1.82) is 0 Å². The topological polar surface area (TPSA) is 95.9 Å². The van der Waals surface area contributed by atoms with Crippen LogP contribution in [0.3, 0.4) is 0 Å². The van der Waals surface area contributed by atoms with Gasteiger partial charge in [0.2, 0.25) is 5.91 Å². The molecular formula is C25H30N2O5. The van der Waals surface area contributed by atoms with Crippen molar-refractivity contribution in [2.24, 2.45) is 0 Å². The summed E-state index contributed by atoms with van der Waals surface area (Å²) in [5.41, 5.74) is 4.52. The molecule has 2 aromatic carbocycles. The number of fused-ring (bicyclic) bond motifs is 3. The fourth-order valence-electron chi connectivity index (χ4n) is 4.37. The summed E-state index contributed by atoms with van der Waals surface area (Å²) < 4.78 is 5.55. The number of carboxylic acid groups (broad SMARTS) is 1. The summed E-state index contributed by atoms with van der Waals surface area (Å²) in [6.45, 7) is 5.79. The third kappa shape index (κ3) is 4.93. The quantitative estimate of drug-likeness (QED) is 0.617. The van der Waals surface area contributed by atoms with Gasteiger partial charge in [0.15, 0.2) is 0 Å². The van der Waals surface area contributed by atoms with Crippen molar-refractivity contribution < 1.29 is 24.2 Å².